The molecule has 156 valence electrons. The predicted octanol–water partition coefficient (Wildman–Crippen LogP) is 4.33. The molecule has 0 aliphatic heterocycles. The van der Waals surface area contributed by atoms with Gasteiger partial charge in [-0.3, -0.25) is 4.79 Å². The predicted molar refractivity (Wildman–Crippen MR) is 112 cm³/mol. The molecule has 2 aromatic carbocycles. The number of halogens is 3. The molecule has 0 unspecified atom stereocenters. The first kappa shape index (κ1) is 21.8. The maximum absolute atomic E-state index is 13.9. The number of pyridine rings is 1. The Morgan fingerprint density at radius 3 is 2.60 bits per heavy atom. The van der Waals surface area contributed by atoms with Crippen LogP contribution in [0.15, 0.2) is 36.4 Å². The van der Waals surface area contributed by atoms with Crippen molar-refractivity contribution in [2.24, 2.45) is 0 Å². The van der Waals surface area contributed by atoms with Gasteiger partial charge in [-0.2, -0.15) is 0 Å². The third kappa shape index (κ3) is 4.63. The lowest BCUT2D eigenvalue weighted by Gasteiger charge is -2.12. The van der Waals surface area contributed by atoms with Crippen molar-refractivity contribution in [3.8, 4) is 5.88 Å². The summed E-state index contributed by atoms with van der Waals surface area (Å²) in [6.45, 7) is 0.0791. The van der Waals surface area contributed by atoms with Crippen LogP contribution in [-0.4, -0.2) is 31.1 Å². The summed E-state index contributed by atoms with van der Waals surface area (Å²) in [5, 5.41) is 3.86. The fourth-order valence-corrected chi connectivity index (χ4v) is 3.45. The molecule has 0 atom stereocenters. The van der Waals surface area contributed by atoms with E-state index >= 15 is 0 Å². The van der Waals surface area contributed by atoms with Crippen LogP contribution in [0.25, 0.3) is 10.9 Å². The zero-order chi connectivity index (χ0) is 21.8. The molecule has 0 aliphatic carbocycles. The minimum absolute atomic E-state index is 0.0791. The Hall–Kier alpha value is -2.90. The first-order valence-electron chi connectivity index (χ1n) is 8.79. The van der Waals surface area contributed by atoms with E-state index in [1.54, 1.807) is 18.2 Å². The normalized spacial score (nSPS) is 10.7. The number of aromatic nitrogens is 1. The molecule has 0 saturated heterocycles. The van der Waals surface area contributed by atoms with E-state index in [0.717, 1.165) is 0 Å². The van der Waals surface area contributed by atoms with Crippen LogP contribution in [0.5, 0.6) is 5.88 Å². The van der Waals surface area contributed by atoms with E-state index in [1.807, 2.05) is 0 Å². The number of benzene rings is 2. The minimum Gasteiger partial charge on any atom is -0.480 e. The maximum Gasteiger partial charge on any atom is 0.343 e. The second-order valence-electron chi connectivity index (χ2n) is 6.33. The molecule has 0 spiro atoms. The van der Waals surface area contributed by atoms with Crippen molar-refractivity contribution in [1.82, 2.24) is 10.3 Å². The third-order valence-electron chi connectivity index (χ3n) is 4.40. The maximum atomic E-state index is 13.9. The number of fused-ring (bicyclic) bond motifs is 1. The molecule has 3 aromatic rings. The molecule has 0 bridgehead atoms. The zero-order valence-corrected chi connectivity index (χ0v) is 17.6. The summed E-state index contributed by atoms with van der Waals surface area (Å²) in [6.07, 6.45) is -0.215. The van der Waals surface area contributed by atoms with Crippen LogP contribution >= 0.6 is 23.2 Å². The highest BCUT2D eigenvalue weighted by Crippen LogP contribution is 2.28. The number of hydrogen-bond acceptors (Lipinski definition) is 5. The van der Waals surface area contributed by atoms with Crippen LogP contribution in [0.1, 0.15) is 21.5 Å². The number of methoxy groups -OCH3 is 2. The lowest BCUT2D eigenvalue weighted by atomic mass is 10.1. The van der Waals surface area contributed by atoms with Crippen LogP contribution < -0.4 is 10.1 Å². The van der Waals surface area contributed by atoms with E-state index in [9.17, 15) is 14.0 Å². The smallest absolute Gasteiger partial charge is 0.343 e. The lowest BCUT2D eigenvalue weighted by Crippen LogP contribution is -2.25. The van der Waals surface area contributed by atoms with E-state index in [1.165, 1.54) is 32.4 Å². The van der Waals surface area contributed by atoms with Gasteiger partial charge < -0.3 is 14.8 Å². The van der Waals surface area contributed by atoms with Crippen LogP contribution in [0.4, 0.5) is 4.39 Å². The Balaban J connectivity index is 1.88. The molecule has 0 radical (unpaired) electrons. The van der Waals surface area contributed by atoms with Crippen LogP contribution in [0.2, 0.25) is 10.0 Å². The molecule has 0 aliphatic rings. The molecule has 1 amide bonds. The second-order valence-corrected chi connectivity index (χ2v) is 7.17. The Kier molecular flexibility index (Phi) is 6.74. The quantitative estimate of drug-likeness (QED) is 0.565. The number of amides is 1. The first-order chi connectivity index (χ1) is 14.3. The Morgan fingerprint density at radius 1 is 1.17 bits per heavy atom. The molecular formula is C21H17Cl2FN2O4. The standard InChI is InChI=1S/C21H17Cl2FN2O4/c1-29-20-15(21(28)30-2)8-11-6-13(22)7-12(19(11)26-20)10-25-18(27)9-14-16(23)4-3-5-17(14)24/h3-8H,9-10H2,1-2H3,(H,25,27). The number of hydrogen-bond donors (Lipinski definition) is 1. The second kappa shape index (κ2) is 9.28. The van der Waals surface area contributed by atoms with E-state index in [0.29, 0.717) is 21.5 Å². The molecular weight excluding hydrogens is 434 g/mol. The van der Waals surface area contributed by atoms with Gasteiger partial charge in [-0.05, 0) is 35.9 Å². The molecule has 0 fully saturated rings. The highest BCUT2D eigenvalue weighted by Gasteiger charge is 2.18. The first-order valence-corrected chi connectivity index (χ1v) is 9.54. The number of carbonyl (C=O) groups excluding carboxylic acids is 2. The summed E-state index contributed by atoms with van der Waals surface area (Å²) in [7, 11) is 2.64. The fraction of sp³-hybridized carbons (Fsp3) is 0.190. The minimum atomic E-state index is -0.599. The summed E-state index contributed by atoms with van der Waals surface area (Å²) in [5.74, 6) is -1.49. The van der Waals surface area contributed by atoms with Crippen LogP contribution in [0.3, 0.4) is 0 Å². The molecule has 6 nitrogen and oxygen atoms in total. The number of esters is 1. The van der Waals surface area contributed by atoms with Crippen molar-refractivity contribution in [2.45, 2.75) is 13.0 Å². The third-order valence-corrected chi connectivity index (χ3v) is 4.97. The number of ether oxygens (including phenoxy) is 2. The van der Waals surface area contributed by atoms with E-state index in [4.69, 9.17) is 32.7 Å². The summed E-state index contributed by atoms with van der Waals surface area (Å²) >= 11 is 12.2. The molecule has 1 N–H and O–H groups in total. The van der Waals surface area contributed by atoms with Gasteiger partial charge >= 0.3 is 5.97 Å². The molecule has 3 rings (SSSR count). The van der Waals surface area contributed by atoms with Crippen molar-refractivity contribution in [1.29, 1.82) is 0 Å². The van der Waals surface area contributed by atoms with Crippen LogP contribution in [0, 0.1) is 5.82 Å². The van der Waals surface area contributed by atoms with Gasteiger partial charge in [0.25, 0.3) is 0 Å². The van der Waals surface area contributed by atoms with Gasteiger partial charge in [0.2, 0.25) is 11.8 Å². The van der Waals surface area contributed by atoms with Crippen molar-refractivity contribution >= 4 is 46.0 Å². The average molecular weight is 451 g/mol. The van der Waals surface area contributed by atoms with Crippen molar-refractivity contribution in [3.63, 3.8) is 0 Å². The number of carbonyl (C=O) groups is 2. The average Bonchev–Trinajstić information content (AvgIpc) is 2.73. The lowest BCUT2D eigenvalue weighted by molar-refractivity contribution is -0.120. The van der Waals surface area contributed by atoms with Gasteiger partial charge in [-0.15, -0.1) is 0 Å². The van der Waals surface area contributed by atoms with Gasteiger partial charge in [0.05, 0.1) is 26.2 Å². The SMILES string of the molecule is COC(=O)c1cc2cc(Cl)cc(CNC(=O)Cc3c(F)cccc3Cl)c2nc1OC. The van der Waals surface area contributed by atoms with Crippen molar-refractivity contribution < 1.29 is 23.5 Å². The molecule has 0 saturated carbocycles. The summed E-state index contributed by atoms with van der Waals surface area (Å²) in [4.78, 5) is 28.7. The molecule has 1 aromatic heterocycles. The number of nitrogens with zero attached hydrogens (tertiary/aromatic N) is 1. The van der Waals surface area contributed by atoms with Gasteiger partial charge in [0.1, 0.15) is 11.4 Å². The van der Waals surface area contributed by atoms with Gasteiger partial charge in [0, 0.05) is 27.5 Å². The Bertz CT molecular complexity index is 1120. The highest BCUT2D eigenvalue weighted by molar-refractivity contribution is 6.31. The van der Waals surface area contributed by atoms with Gasteiger partial charge in [0.15, 0.2) is 0 Å². The Morgan fingerprint density at radius 2 is 1.93 bits per heavy atom. The summed E-state index contributed by atoms with van der Waals surface area (Å²) in [5.41, 5.74) is 1.36. The number of rotatable bonds is 6. The topological polar surface area (TPSA) is 77.5 Å². The van der Waals surface area contributed by atoms with Crippen LogP contribution in [-0.2, 0) is 22.5 Å². The van der Waals surface area contributed by atoms with E-state index in [-0.39, 0.29) is 35.0 Å². The van der Waals surface area contributed by atoms with Gasteiger partial charge in [-0.25, -0.2) is 14.2 Å². The summed E-state index contributed by atoms with van der Waals surface area (Å²) in [6, 6.07) is 9.08. The summed E-state index contributed by atoms with van der Waals surface area (Å²) < 4.78 is 23.9. The molecule has 1 heterocycles. The fourth-order valence-electron chi connectivity index (χ4n) is 2.97. The monoisotopic (exact) mass is 450 g/mol. The van der Waals surface area contributed by atoms with Crippen molar-refractivity contribution in [2.75, 3.05) is 14.2 Å². The van der Waals surface area contributed by atoms with Crippen molar-refractivity contribution in [3.05, 3.63) is 69.0 Å². The highest BCUT2D eigenvalue weighted by atomic mass is 35.5. The largest absolute Gasteiger partial charge is 0.480 e. The Labute approximate surface area is 181 Å². The molecule has 30 heavy (non-hydrogen) atoms. The molecule has 9 heteroatoms. The van der Waals surface area contributed by atoms with Gasteiger partial charge in [-0.1, -0.05) is 29.3 Å². The van der Waals surface area contributed by atoms with E-state index < -0.39 is 17.7 Å². The van der Waals surface area contributed by atoms with E-state index in [2.05, 4.69) is 10.3 Å². The number of nitrogens with one attached hydrogen (secondary N) is 1. The zero-order valence-electron chi connectivity index (χ0n) is 16.1.